The molecule has 1 aromatic rings. The zero-order chi connectivity index (χ0) is 15.0. The molecule has 4 nitrogen and oxygen atoms in total. The maximum absolute atomic E-state index is 12.1. The molecule has 1 N–H and O–H groups in total. The highest BCUT2D eigenvalue weighted by Crippen LogP contribution is 2.26. The lowest BCUT2D eigenvalue weighted by molar-refractivity contribution is 0.401. The van der Waals surface area contributed by atoms with E-state index in [1.165, 1.54) is 0 Å². The fourth-order valence-electron chi connectivity index (χ4n) is 2.18. The molecule has 0 heterocycles. The monoisotopic (exact) mass is 299 g/mol. The van der Waals surface area contributed by atoms with E-state index in [4.69, 9.17) is 4.74 Å². The van der Waals surface area contributed by atoms with E-state index >= 15 is 0 Å². The second-order valence-electron chi connectivity index (χ2n) is 4.86. The largest absolute Gasteiger partial charge is 0.496 e. The molecule has 1 rings (SSSR count). The van der Waals surface area contributed by atoms with Gasteiger partial charge in [0.1, 0.15) is 5.75 Å². The Labute approximate surface area is 122 Å². The zero-order valence-electron chi connectivity index (χ0n) is 12.6. The van der Waals surface area contributed by atoms with Crippen molar-refractivity contribution in [3.63, 3.8) is 0 Å². The summed E-state index contributed by atoms with van der Waals surface area (Å²) in [7, 11) is -1.45. The van der Waals surface area contributed by atoms with E-state index in [0.717, 1.165) is 24.3 Å². The van der Waals surface area contributed by atoms with Crippen molar-refractivity contribution in [1.29, 1.82) is 0 Å². The van der Waals surface area contributed by atoms with Crippen LogP contribution < -0.4 is 10.1 Å². The van der Waals surface area contributed by atoms with Crippen LogP contribution in [0.1, 0.15) is 38.3 Å². The predicted octanol–water partition coefficient (Wildman–Crippen LogP) is 2.56. The van der Waals surface area contributed by atoms with Crippen LogP contribution in [0.4, 0.5) is 0 Å². The number of para-hydroxylation sites is 1. The Hall–Kier alpha value is -1.07. The second-order valence-corrected chi connectivity index (χ2v) is 7.09. The third-order valence-corrected chi connectivity index (χ3v) is 4.96. The maximum Gasteiger partial charge on any atom is 0.152 e. The second kappa shape index (κ2) is 8.27. The van der Waals surface area contributed by atoms with Crippen LogP contribution in [0.3, 0.4) is 0 Å². The van der Waals surface area contributed by atoms with E-state index < -0.39 is 9.84 Å². The molecule has 0 fully saturated rings. The summed E-state index contributed by atoms with van der Waals surface area (Å²) in [6, 6.07) is 7.36. The molecule has 20 heavy (non-hydrogen) atoms. The van der Waals surface area contributed by atoms with Crippen molar-refractivity contribution in [3.05, 3.63) is 29.8 Å². The van der Waals surface area contributed by atoms with Crippen molar-refractivity contribution in [2.45, 2.75) is 32.7 Å². The highest BCUT2D eigenvalue weighted by molar-refractivity contribution is 7.91. The Morgan fingerprint density at radius 1 is 1.20 bits per heavy atom. The van der Waals surface area contributed by atoms with Crippen molar-refractivity contribution in [1.82, 2.24) is 5.32 Å². The van der Waals surface area contributed by atoms with E-state index in [-0.39, 0.29) is 17.5 Å². The van der Waals surface area contributed by atoms with Gasteiger partial charge >= 0.3 is 0 Å². The maximum atomic E-state index is 12.1. The van der Waals surface area contributed by atoms with Crippen LogP contribution in [0.25, 0.3) is 0 Å². The smallest absolute Gasteiger partial charge is 0.152 e. The van der Waals surface area contributed by atoms with Crippen LogP contribution in [0.2, 0.25) is 0 Å². The van der Waals surface area contributed by atoms with Crippen LogP contribution in [-0.2, 0) is 9.84 Å². The lowest BCUT2D eigenvalue weighted by Crippen LogP contribution is -2.30. The van der Waals surface area contributed by atoms with Gasteiger partial charge in [-0.1, -0.05) is 32.0 Å². The first kappa shape index (κ1) is 17.0. The molecule has 0 amide bonds. The standard InChI is InChI=1S/C15H25NO3S/c1-4-10-16-14(12-20(17,18)11-5-2)13-8-6-7-9-15(13)19-3/h6-9,14,16H,4-5,10-12H2,1-3H3. The molecule has 0 saturated carbocycles. The van der Waals surface area contributed by atoms with Gasteiger partial charge in [0.2, 0.25) is 0 Å². The zero-order valence-corrected chi connectivity index (χ0v) is 13.4. The number of nitrogens with one attached hydrogen (secondary N) is 1. The molecule has 0 saturated heterocycles. The fourth-order valence-corrected chi connectivity index (χ4v) is 3.77. The van der Waals surface area contributed by atoms with Gasteiger partial charge in [-0.2, -0.15) is 0 Å². The third-order valence-electron chi connectivity index (χ3n) is 3.09. The van der Waals surface area contributed by atoms with Gasteiger partial charge < -0.3 is 10.1 Å². The Kier molecular flexibility index (Phi) is 7.02. The van der Waals surface area contributed by atoms with Crippen molar-refractivity contribution >= 4 is 9.84 Å². The molecule has 1 atom stereocenters. The molecule has 0 aliphatic carbocycles. The summed E-state index contributed by atoms with van der Waals surface area (Å²) < 4.78 is 29.5. The van der Waals surface area contributed by atoms with Gasteiger partial charge in [-0.05, 0) is 25.5 Å². The van der Waals surface area contributed by atoms with Gasteiger partial charge in [0.05, 0.1) is 12.9 Å². The van der Waals surface area contributed by atoms with Crippen molar-refractivity contribution < 1.29 is 13.2 Å². The van der Waals surface area contributed by atoms with Gasteiger partial charge in [0, 0.05) is 17.4 Å². The molecule has 0 spiro atoms. The summed E-state index contributed by atoms with van der Waals surface area (Å²) in [5.74, 6) is 1.07. The Morgan fingerprint density at radius 2 is 1.90 bits per heavy atom. The summed E-state index contributed by atoms with van der Waals surface area (Å²) in [6.07, 6.45) is 1.61. The SMILES string of the molecule is CCCNC(CS(=O)(=O)CCC)c1ccccc1OC. The van der Waals surface area contributed by atoms with Crippen LogP contribution in [0.5, 0.6) is 5.75 Å². The summed E-state index contributed by atoms with van der Waals surface area (Å²) >= 11 is 0. The van der Waals surface area contributed by atoms with E-state index in [9.17, 15) is 8.42 Å². The molecule has 0 radical (unpaired) electrons. The van der Waals surface area contributed by atoms with E-state index in [1.54, 1.807) is 7.11 Å². The fraction of sp³-hybridized carbons (Fsp3) is 0.600. The molecule has 5 heteroatoms. The summed E-state index contributed by atoms with van der Waals surface area (Å²) in [5, 5.41) is 3.32. The molecule has 114 valence electrons. The summed E-state index contributed by atoms with van der Waals surface area (Å²) in [6.45, 7) is 4.73. The Balaban J connectivity index is 2.99. The quantitative estimate of drug-likeness (QED) is 0.761. The number of hydrogen-bond acceptors (Lipinski definition) is 4. The van der Waals surface area contributed by atoms with Crippen LogP contribution in [-0.4, -0.2) is 33.6 Å². The minimum atomic E-state index is -3.05. The number of methoxy groups -OCH3 is 1. The molecule has 1 aromatic carbocycles. The molecule has 0 bridgehead atoms. The average Bonchev–Trinajstić information content (AvgIpc) is 2.43. The first-order valence-electron chi connectivity index (χ1n) is 7.10. The molecular weight excluding hydrogens is 274 g/mol. The number of sulfone groups is 1. The van der Waals surface area contributed by atoms with E-state index in [0.29, 0.717) is 6.42 Å². The predicted molar refractivity (Wildman–Crippen MR) is 83.0 cm³/mol. The van der Waals surface area contributed by atoms with Crippen molar-refractivity contribution in [2.24, 2.45) is 0 Å². The Bertz CT molecular complexity index is 500. The minimum absolute atomic E-state index is 0.112. The van der Waals surface area contributed by atoms with Gasteiger partial charge in [-0.3, -0.25) is 0 Å². The highest BCUT2D eigenvalue weighted by Gasteiger charge is 2.22. The van der Waals surface area contributed by atoms with Gasteiger partial charge in [-0.15, -0.1) is 0 Å². The molecule has 0 aliphatic rings. The number of benzene rings is 1. The Morgan fingerprint density at radius 3 is 2.50 bits per heavy atom. The lowest BCUT2D eigenvalue weighted by atomic mass is 10.1. The van der Waals surface area contributed by atoms with Gasteiger partial charge in [-0.25, -0.2) is 8.42 Å². The van der Waals surface area contributed by atoms with Crippen LogP contribution in [0.15, 0.2) is 24.3 Å². The van der Waals surface area contributed by atoms with Crippen molar-refractivity contribution in [2.75, 3.05) is 25.2 Å². The normalized spacial score (nSPS) is 13.2. The van der Waals surface area contributed by atoms with E-state index in [1.807, 2.05) is 31.2 Å². The average molecular weight is 299 g/mol. The van der Waals surface area contributed by atoms with E-state index in [2.05, 4.69) is 12.2 Å². The van der Waals surface area contributed by atoms with Crippen LogP contribution in [0, 0.1) is 0 Å². The van der Waals surface area contributed by atoms with Gasteiger partial charge in [0.25, 0.3) is 0 Å². The lowest BCUT2D eigenvalue weighted by Gasteiger charge is -2.21. The first-order valence-corrected chi connectivity index (χ1v) is 8.93. The molecule has 0 aromatic heterocycles. The highest BCUT2D eigenvalue weighted by atomic mass is 32.2. The topological polar surface area (TPSA) is 55.4 Å². The number of rotatable bonds is 9. The first-order chi connectivity index (χ1) is 9.54. The molecule has 1 unspecified atom stereocenters. The molecule has 0 aliphatic heterocycles. The molecular formula is C15H25NO3S. The van der Waals surface area contributed by atoms with Gasteiger partial charge in [0.15, 0.2) is 9.84 Å². The van der Waals surface area contributed by atoms with Crippen LogP contribution >= 0.6 is 0 Å². The summed E-state index contributed by atoms with van der Waals surface area (Å²) in [4.78, 5) is 0. The number of hydrogen-bond donors (Lipinski definition) is 1. The third kappa shape index (κ3) is 5.13. The summed E-state index contributed by atoms with van der Waals surface area (Å²) in [5.41, 5.74) is 0.906. The van der Waals surface area contributed by atoms with Crippen molar-refractivity contribution in [3.8, 4) is 5.75 Å². The number of ether oxygens (including phenoxy) is 1. The minimum Gasteiger partial charge on any atom is -0.496 e.